The van der Waals surface area contributed by atoms with Gasteiger partial charge >= 0.3 is 5.97 Å². The lowest BCUT2D eigenvalue weighted by molar-refractivity contribution is -0.143. The summed E-state index contributed by atoms with van der Waals surface area (Å²) in [5.41, 5.74) is 0. The number of aliphatic hydroxyl groups is 2. The van der Waals surface area contributed by atoms with Crippen molar-refractivity contribution < 1.29 is 24.5 Å². The SMILES string of the molecule is CCCCCC/C=C\C/C=C\CCCCCCCCCC(=O)OCCCCCCCCCCCCC/C=C\C/C=C\CCCCCCCCCCCCCCCCCCCC(=O)NC(CO)C(O)/C=C/CCCCCCCCCCCCCCCCCCCC. The Kier molecular flexibility index (Phi) is 76.9. The number of hydrogen-bond donors (Lipinski definition) is 3. The molecule has 0 aromatic heterocycles. The molecule has 0 aliphatic carbocycles. The van der Waals surface area contributed by atoms with Gasteiger partial charge in [0.15, 0.2) is 0 Å². The van der Waals surface area contributed by atoms with Crippen LogP contribution in [0.4, 0.5) is 0 Å². The number of carbonyl (C=O) groups is 2. The van der Waals surface area contributed by atoms with Gasteiger partial charge in [0, 0.05) is 12.8 Å². The number of nitrogens with one attached hydrogen (secondary N) is 1. The standard InChI is InChI=1S/C84H157NO5/c1-3-5-7-9-11-13-15-17-19-21-23-41-44-48-52-56-60-64-68-72-76-82(87)81(80-86)85-83(88)77-73-69-65-61-57-53-49-45-42-39-37-35-33-31-29-27-25-24-26-28-30-32-34-36-38-40-43-47-51-55-59-63-67-71-75-79-90-84(89)78-74-70-66-62-58-54-50-46-22-20-18-16-14-12-10-8-6-4-2/h14,16,20,22,26,28,32,34,72,76,81-82,86-87H,3-13,15,17-19,21,23-25,27,29-31,33,35-71,73-75,77-80H2,1-2H3,(H,85,88)/b16-14-,22-20-,28-26-,34-32-,76-72+. The van der Waals surface area contributed by atoms with Crippen molar-refractivity contribution >= 4 is 11.9 Å². The predicted octanol–water partition coefficient (Wildman–Crippen LogP) is 26.9. The fourth-order valence-electron chi connectivity index (χ4n) is 12.6. The highest BCUT2D eigenvalue weighted by atomic mass is 16.5. The Morgan fingerprint density at radius 3 is 0.856 bits per heavy atom. The Hall–Kier alpha value is -2.44. The second kappa shape index (κ2) is 79.0. The Bertz CT molecular complexity index is 1550. The molecule has 0 rings (SSSR count). The number of rotatable bonds is 76. The summed E-state index contributed by atoms with van der Waals surface area (Å²) in [6, 6.07) is -0.628. The lowest BCUT2D eigenvalue weighted by atomic mass is 10.0. The Morgan fingerprint density at radius 2 is 0.556 bits per heavy atom. The van der Waals surface area contributed by atoms with E-state index in [0.717, 1.165) is 57.8 Å². The Balaban J connectivity index is 3.39. The molecule has 6 heteroatoms. The minimum Gasteiger partial charge on any atom is -0.466 e. The first-order valence-corrected chi connectivity index (χ1v) is 40.6. The predicted molar refractivity (Wildman–Crippen MR) is 398 cm³/mol. The molecule has 1 amide bonds. The number of esters is 1. The Morgan fingerprint density at radius 1 is 0.311 bits per heavy atom. The van der Waals surface area contributed by atoms with Crippen LogP contribution in [-0.4, -0.2) is 47.4 Å². The lowest BCUT2D eigenvalue weighted by Gasteiger charge is -2.20. The average molecular weight is 1260 g/mol. The monoisotopic (exact) mass is 1260 g/mol. The molecule has 0 saturated heterocycles. The van der Waals surface area contributed by atoms with Gasteiger partial charge in [0.05, 0.1) is 25.4 Å². The van der Waals surface area contributed by atoms with Crippen molar-refractivity contribution in [1.82, 2.24) is 5.32 Å². The minimum atomic E-state index is -0.845. The molecule has 0 aliphatic rings. The van der Waals surface area contributed by atoms with Crippen LogP contribution in [0.2, 0.25) is 0 Å². The van der Waals surface area contributed by atoms with Crippen molar-refractivity contribution in [3.8, 4) is 0 Å². The highest BCUT2D eigenvalue weighted by Crippen LogP contribution is 2.19. The fourth-order valence-corrected chi connectivity index (χ4v) is 12.6. The summed E-state index contributed by atoms with van der Waals surface area (Å²) >= 11 is 0. The summed E-state index contributed by atoms with van der Waals surface area (Å²) in [5, 5.41) is 23.3. The second-order valence-corrected chi connectivity index (χ2v) is 27.7. The fraction of sp³-hybridized carbons (Fsp3) is 0.857. The highest BCUT2D eigenvalue weighted by molar-refractivity contribution is 5.76. The van der Waals surface area contributed by atoms with Gasteiger partial charge in [-0.25, -0.2) is 0 Å². The van der Waals surface area contributed by atoms with E-state index < -0.39 is 12.1 Å². The summed E-state index contributed by atoms with van der Waals surface area (Å²) in [6.07, 6.45) is 106. The molecule has 90 heavy (non-hydrogen) atoms. The van der Waals surface area contributed by atoms with Crippen molar-refractivity contribution in [3.63, 3.8) is 0 Å². The van der Waals surface area contributed by atoms with Crippen molar-refractivity contribution in [3.05, 3.63) is 60.8 Å². The van der Waals surface area contributed by atoms with Gasteiger partial charge in [0.25, 0.3) is 0 Å². The summed E-state index contributed by atoms with van der Waals surface area (Å²) in [5.74, 6) is -0.0525. The second-order valence-electron chi connectivity index (χ2n) is 27.7. The molecular weight excluding hydrogens is 1100 g/mol. The zero-order chi connectivity index (χ0) is 64.9. The first-order chi connectivity index (χ1) is 44.5. The van der Waals surface area contributed by atoms with E-state index >= 15 is 0 Å². The van der Waals surface area contributed by atoms with Crippen LogP contribution in [0.1, 0.15) is 438 Å². The van der Waals surface area contributed by atoms with E-state index in [0.29, 0.717) is 19.4 Å². The van der Waals surface area contributed by atoms with Gasteiger partial charge in [-0.2, -0.15) is 0 Å². The van der Waals surface area contributed by atoms with Crippen molar-refractivity contribution in [2.45, 2.75) is 450 Å². The number of hydrogen-bond acceptors (Lipinski definition) is 5. The third-order valence-electron chi connectivity index (χ3n) is 18.8. The van der Waals surface area contributed by atoms with Gasteiger partial charge in [-0.1, -0.05) is 389 Å². The van der Waals surface area contributed by atoms with Crippen molar-refractivity contribution in [1.29, 1.82) is 0 Å². The molecule has 0 heterocycles. The number of amides is 1. The van der Waals surface area contributed by atoms with E-state index in [1.54, 1.807) is 6.08 Å². The van der Waals surface area contributed by atoms with E-state index in [-0.39, 0.29) is 18.5 Å². The van der Waals surface area contributed by atoms with Gasteiger partial charge in [-0.05, 0) is 96.3 Å². The van der Waals surface area contributed by atoms with E-state index in [1.165, 1.54) is 353 Å². The number of unbranched alkanes of at least 4 members (excludes halogenated alkanes) is 57. The number of carbonyl (C=O) groups excluding carboxylic acids is 2. The third-order valence-corrected chi connectivity index (χ3v) is 18.8. The molecule has 3 N–H and O–H groups in total. The zero-order valence-corrected chi connectivity index (χ0v) is 60.6. The number of ether oxygens (including phenoxy) is 1. The van der Waals surface area contributed by atoms with E-state index in [4.69, 9.17) is 4.74 Å². The van der Waals surface area contributed by atoms with Gasteiger partial charge in [0.1, 0.15) is 0 Å². The molecule has 0 spiro atoms. The van der Waals surface area contributed by atoms with Crippen LogP contribution < -0.4 is 5.32 Å². The quantitative estimate of drug-likeness (QED) is 0.0320. The molecule has 0 aromatic rings. The normalized spacial score (nSPS) is 12.8. The van der Waals surface area contributed by atoms with Gasteiger partial charge < -0.3 is 20.3 Å². The highest BCUT2D eigenvalue weighted by Gasteiger charge is 2.18. The maximum absolute atomic E-state index is 12.5. The maximum Gasteiger partial charge on any atom is 0.305 e. The summed E-state index contributed by atoms with van der Waals surface area (Å²) in [4.78, 5) is 24.7. The van der Waals surface area contributed by atoms with Crippen LogP contribution in [0.5, 0.6) is 0 Å². The molecule has 0 fully saturated rings. The van der Waals surface area contributed by atoms with Crippen molar-refractivity contribution in [2.75, 3.05) is 13.2 Å². The third kappa shape index (κ3) is 74.6. The smallest absolute Gasteiger partial charge is 0.305 e. The molecule has 0 saturated carbocycles. The van der Waals surface area contributed by atoms with E-state index in [1.807, 2.05) is 6.08 Å². The average Bonchev–Trinajstić information content (AvgIpc) is 3.71. The largest absolute Gasteiger partial charge is 0.466 e. The first kappa shape index (κ1) is 87.6. The first-order valence-electron chi connectivity index (χ1n) is 40.6. The number of aliphatic hydroxyl groups excluding tert-OH is 2. The molecule has 0 aromatic carbocycles. The topological polar surface area (TPSA) is 95.9 Å². The van der Waals surface area contributed by atoms with Crippen LogP contribution in [0.25, 0.3) is 0 Å². The molecule has 6 nitrogen and oxygen atoms in total. The zero-order valence-electron chi connectivity index (χ0n) is 60.6. The molecule has 0 radical (unpaired) electrons. The molecule has 0 bridgehead atoms. The van der Waals surface area contributed by atoms with E-state index in [9.17, 15) is 19.8 Å². The van der Waals surface area contributed by atoms with Gasteiger partial charge in [-0.15, -0.1) is 0 Å². The molecule has 0 aliphatic heterocycles. The van der Waals surface area contributed by atoms with Crippen LogP contribution in [0.15, 0.2) is 60.8 Å². The van der Waals surface area contributed by atoms with Gasteiger partial charge in [0.2, 0.25) is 5.91 Å². The lowest BCUT2D eigenvalue weighted by Crippen LogP contribution is -2.45. The molecule has 528 valence electrons. The molecule has 2 unspecified atom stereocenters. The van der Waals surface area contributed by atoms with Crippen LogP contribution in [-0.2, 0) is 14.3 Å². The Labute approximate surface area is 562 Å². The molecular formula is C84H157NO5. The van der Waals surface area contributed by atoms with Gasteiger partial charge in [-0.3, -0.25) is 9.59 Å². The number of allylic oxidation sites excluding steroid dienone is 9. The van der Waals surface area contributed by atoms with E-state index in [2.05, 4.69) is 67.8 Å². The summed E-state index contributed by atoms with van der Waals surface area (Å²) in [7, 11) is 0. The van der Waals surface area contributed by atoms with Crippen molar-refractivity contribution in [2.24, 2.45) is 0 Å². The summed E-state index contributed by atoms with van der Waals surface area (Å²) < 4.78 is 5.51. The maximum atomic E-state index is 12.5. The van der Waals surface area contributed by atoms with Crippen LogP contribution >= 0.6 is 0 Å². The summed E-state index contributed by atoms with van der Waals surface area (Å²) in [6.45, 7) is 4.92. The van der Waals surface area contributed by atoms with Crippen LogP contribution in [0.3, 0.4) is 0 Å². The van der Waals surface area contributed by atoms with Crippen LogP contribution in [0, 0.1) is 0 Å². The minimum absolute atomic E-state index is 0.00949. The molecule has 2 atom stereocenters.